The first-order valence-electron chi connectivity index (χ1n) is 5.75. The second kappa shape index (κ2) is 6.20. The first kappa shape index (κ1) is 12.6. The molecule has 0 amide bonds. The van der Waals surface area contributed by atoms with Crippen LogP contribution in [0.25, 0.3) is 0 Å². The molecule has 1 aromatic heterocycles. The van der Waals surface area contributed by atoms with Crippen LogP contribution in [0.1, 0.15) is 17.5 Å². The number of hydrogen-bond acceptors (Lipinski definition) is 2. The van der Waals surface area contributed by atoms with Crippen LogP contribution < -0.4 is 5.73 Å². The highest BCUT2D eigenvalue weighted by molar-refractivity contribution is 7.07. The fraction of sp³-hybridized carbons (Fsp3) is 0.286. The molecule has 2 rings (SSSR count). The van der Waals surface area contributed by atoms with Crippen molar-refractivity contribution < 1.29 is 0 Å². The Morgan fingerprint density at radius 2 is 1.88 bits per heavy atom. The van der Waals surface area contributed by atoms with Crippen molar-refractivity contribution in [3.05, 3.63) is 57.2 Å². The summed E-state index contributed by atoms with van der Waals surface area (Å²) in [5, 5.41) is 5.08. The van der Waals surface area contributed by atoms with E-state index in [2.05, 4.69) is 16.8 Å². The van der Waals surface area contributed by atoms with Crippen molar-refractivity contribution >= 4 is 22.9 Å². The third-order valence-electron chi connectivity index (χ3n) is 2.80. The van der Waals surface area contributed by atoms with Crippen LogP contribution in [0.2, 0.25) is 5.02 Å². The minimum absolute atomic E-state index is 0.219. The summed E-state index contributed by atoms with van der Waals surface area (Å²) in [5.41, 5.74) is 8.78. The largest absolute Gasteiger partial charge is 0.327 e. The lowest BCUT2D eigenvalue weighted by molar-refractivity contribution is 0.611. The fourth-order valence-corrected chi connectivity index (χ4v) is 2.64. The van der Waals surface area contributed by atoms with E-state index < -0.39 is 0 Å². The maximum absolute atomic E-state index is 6.13. The van der Waals surface area contributed by atoms with Crippen LogP contribution in [0.15, 0.2) is 41.1 Å². The zero-order valence-corrected chi connectivity index (χ0v) is 11.2. The number of halogens is 1. The molecule has 0 bridgehead atoms. The first-order valence-corrected chi connectivity index (χ1v) is 7.07. The maximum atomic E-state index is 6.13. The van der Waals surface area contributed by atoms with Gasteiger partial charge in [-0.1, -0.05) is 23.7 Å². The van der Waals surface area contributed by atoms with Crippen molar-refractivity contribution in [3.63, 3.8) is 0 Å². The van der Waals surface area contributed by atoms with Crippen LogP contribution in [-0.4, -0.2) is 6.04 Å². The van der Waals surface area contributed by atoms with Gasteiger partial charge in [-0.15, -0.1) is 0 Å². The first-order chi connectivity index (χ1) is 8.24. The summed E-state index contributed by atoms with van der Waals surface area (Å²) in [5.74, 6) is 0. The molecule has 0 aliphatic heterocycles. The summed E-state index contributed by atoms with van der Waals surface area (Å²) in [7, 11) is 0. The smallest absolute Gasteiger partial charge is 0.0406 e. The van der Waals surface area contributed by atoms with Crippen molar-refractivity contribution in [2.24, 2.45) is 5.73 Å². The topological polar surface area (TPSA) is 26.0 Å². The summed E-state index contributed by atoms with van der Waals surface area (Å²) >= 11 is 7.59. The van der Waals surface area contributed by atoms with Crippen LogP contribution in [0, 0.1) is 0 Å². The van der Waals surface area contributed by atoms with Gasteiger partial charge in [0.1, 0.15) is 0 Å². The number of aryl methyl sites for hydroxylation is 1. The molecule has 2 N–H and O–H groups in total. The number of hydrogen-bond donors (Lipinski definition) is 1. The zero-order valence-electron chi connectivity index (χ0n) is 9.60. The summed E-state index contributed by atoms with van der Waals surface area (Å²) < 4.78 is 0. The second-order valence-corrected chi connectivity index (χ2v) is 5.48. The van der Waals surface area contributed by atoms with Crippen LogP contribution >= 0.6 is 22.9 Å². The van der Waals surface area contributed by atoms with Crippen molar-refractivity contribution in [2.45, 2.75) is 25.3 Å². The highest BCUT2D eigenvalue weighted by Crippen LogP contribution is 2.13. The lowest BCUT2D eigenvalue weighted by atomic mass is 10.0. The van der Waals surface area contributed by atoms with E-state index in [1.807, 2.05) is 24.3 Å². The highest BCUT2D eigenvalue weighted by Gasteiger charge is 2.05. The Labute approximate surface area is 111 Å². The van der Waals surface area contributed by atoms with Gasteiger partial charge >= 0.3 is 0 Å². The predicted molar refractivity (Wildman–Crippen MR) is 75.8 cm³/mol. The lowest BCUT2D eigenvalue weighted by Crippen LogP contribution is -2.23. The van der Waals surface area contributed by atoms with Crippen molar-refractivity contribution in [2.75, 3.05) is 0 Å². The van der Waals surface area contributed by atoms with Gasteiger partial charge in [0.25, 0.3) is 0 Å². The summed E-state index contributed by atoms with van der Waals surface area (Å²) in [6.07, 6.45) is 3.01. The van der Waals surface area contributed by atoms with Gasteiger partial charge in [0.15, 0.2) is 0 Å². The van der Waals surface area contributed by atoms with Crippen LogP contribution in [0.5, 0.6) is 0 Å². The molecule has 0 spiro atoms. The van der Waals surface area contributed by atoms with Crippen molar-refractivity contribution in [1.82, 2.24) is 0 Å². The van der Waals surface area contributed by atoms with Crippen molar-refractivity contribution in [3.8, 4) is 0 Å². The quantitative estimate of drug-likeness (QED) is 0.872. The molecule has 90 valence electrons. The monoisotopic (exact) mass is 265 g/mol. The second-order valence-electron chi connectivity index (χ2n) is 4.26. The van der Waals surface area contributed by atoms with E-state index in [-0.39, 0.29) is 6.04 Å². The Morgan fingerprint density at radius 3 is 2.53 bits per heavy atom. The molecule has 0 radical (unpaired) electrons. The third kappa shape index (κ3) is 4.15. The third-order valence-corrected chi connectivity index (χ3v) is 3.78. The molecule has 0 fully saturated rings. The van der Waals surface area contributed by atoms with Gasteiger partial charge in [0.05, 0.1) is 0 Å². The molecule has 0 aliphatic rings. The zero-order chi connectivity index (χ0) is 12.1. The summed E-state index contributed by atoms with van der Waals surface area (Å²) in [6, 6.07) is 10.3. The minimum atomic E-state index is 0.219. The number of nitrogens with two attached hydrogens (primary N) is 1. The molecular formula is C14H16ClNS. The average Bonchev–Trinajstić information content (AvgIpc) is 2.83. The molecule has 1 unspecified atom stereocenters. The van der Waals surface area contributed by atoms with Gasteiger partial charge in [-0.25, -0.2) is 0 Å². The van der Waals surface area contributed by atoms with Gasteiger partial charge in [-0.3, -0.25) is 0 Å². The van der Waals surface area contributed by atoms with Crippen LogP contribution in [0.4, 0.5) is 0 Å². The van der Waals surface area contributed by atoms with Gasteiger partial charge < -0.3 is 5.73 Å². The SMILES string of the molecule is NC(CCc1ccsc1)Cc1ccc(Cl)cc1. The lowest BCUT2D eigenvalue weighted by Gasteiger charge is -2.11. The maximum Gasteiger partial charge on any atom is 0.0406 e. The Balaban J connectivity index is 1.80. The Kier molecular flexibility index (Phi) is 4.60. The van der Waals surface area contributed by atoms with Gasteiger partial charge in [0.2, 0.25) is 0 Å². The minimum Gasteiger partial charge on any atom is -0.327 e. The molecule has 0 aliphatic carbocycles. The molecule has 0 saturated heterocycles. The normalized spacial score (nSPS) is 12.6. The molecule has 0 saturated carbocycles. The van der Waals surface area contributed by atoms with E-state index in [0.717, 1.165) is 24.3 Å². The Hall–Kier alpha value is -0.830. The summed E-state index contributed by atoms with van der Waals surface area (Å²) in [4.78, 5) is 0. The van der Waals surface area contributed by atoms with E-state index in [0.29, 0.717) is 0 Å². The van der Waals surface area contributed by atoms with E-state index in [1.165, 1.54) is 11.1 Å². The Morgan fingerprint density at radius 1 is 1.12 bits per heavy atom. The van der Waals surface area contributed by atoms with Gasteiger partial charge in [-0.05, 0) is 59.3 Å². The van der Waals surface area contributed by atoms with Crippen molar-refractivity contribution in [1.29, 1.82) is 0 Å². The molecular weight excluding hydrogens is 250 g/mol. The average molecular weight is 266 g/mol. The van der Waals surface area contributed by atoms with Gasteiger partial charge in [-0.2, -0.15) is 11.3 Å². The molecule has 1 aromatic carbocycles. The fourth-order valence-electron chi connectivity index (χ4n) is 1.81. The number of rotatable bonds is 5. The van der Waals surface area contributed by atoms with E-state index in [1.54, 1.807) is 11.3 Å². The molecule has 3 heteroatoms. The number of benzene rings is 1. The standard InChI is InChI=1S/C14H16ClNS/c15-13-4-1-11(2-5-13)9-14(16)6-3-12-7-8-17-10-12/h1-2,4-5,7-8,10,14H,3,6,9,16H2. The summed E-state index contributed by atoms with van der Waals surface area (Å²) in [6.45, 7) is 0. The van der Waals surface area contributed by atoms with E-state index in [9.17, 15) is 0 Å². The number of thiophene rings is 1. The van der Waals surface area contributed by atoms with Gasteiger partial charge in [0, 0.05) is 11.1 Å². The van der Waals surface area contributed by atoms with Crippen LogP contribution in [0.3, 0.4) is 0 Å². The Bertz CT molecular complexity index is 436. The molecule has 2 aromatic rings. The van der Waals surface area contributed by atoms with E-state index >= 15 is 0 Å². The van der Waals surface area contributed by atoms with Crippen LogP contribution in [-0.2, 0) is 12.8 Å². The highest BCUT2D eigenvalue weighted by atomic mass is 35.5. The van der Waals surface area contributed by atoms with E-state index in [4.69, 9.17) is 17.3 Å². The molecule has 1 nitrogen and oxygen atoms in total. The molecule has 1 heterocycles. The molecule has 17 heavy (non-hydrogen) atoms. The predicted octanol–water partition coefficient (Wildman–Crippen LogP) is 3.90. The molecule has 1 atom stereocenters.